The third-order valence-electron chi connectivity index (χ3n) is 4.54. The molecule has 1 N–H and O–H groups in total. The number of ether oxygens (including phenoxy) is 1. The molecule has 5 nitrogen and oxygen atoms in total. The number of hydrogen-bond acceptors (Lipinski definition) is 4. The minimum absolute atomic E-state index is 0.0997. The highest BCUT2D eigenvalue weighted by Gasteiger charge is 2.35. The summed E-state index contributed by atoms with van der Waals surface area (Å²) in [6.45, 7) is 4.62. The normalized spacial score (nSPS) is 15.8. The van der Waals surface area contributed by atoms with Crippen molar-refractivity contribution in [1.29, 1.82) is 0 Å². The lowest BCUT2D eigenvalue weighted by Gasteiger charge is -2.12. The number of nitrogens with one attached hydrogen (secondary N) is 1. The van der Waals surface area contributed by atoms with Crippen molar-refractivity contribution in [3.63, 3.8) is 0 Å². The first-order valence-corrected chi connectivity index (χ1v) is 8.69. The molecule has 1 atom stereocenters. The van der Waals surface area contributed by atoms with E-state index >= 15 is 0 Å². The number of amides is 1. The molecule has 26 heavy (non-hydrogen) atoms. The Bertz CT molecular complexity index is 1050. The average molecular weight is 349 g/mol. The van der Waals surface area contributed by atoms with E-state index in [9.17, 15) is 9.59 Å². The molecule has 0 saturated carbocycles. The lowest BCUT2D eigenvalue weighted by Crippen LogP contribution is -2.21. The van der Waals surface area contributed by atoms with Crippen LogP contribution < -0.4 is 15.5 Å². The van der Waals surface area contributed by atoms with Crippen molar-refractivity contribution in [3.05, 3.63) is 75.1 Å². The van der Waals surface area contributed by atoms with Crippen molar-refractivity contribution in [2.24, 2.45) is 0 Å². The Hall–Kier alpha value is -3.08. The van der Waals surface area contributed by atoms with Crippen LogP contribution in [0.25, 0.3) is 11.0 Å². The maximum atomic E-state index is 13.0. The number of benzene rings is 2. The summed E-state index contributed by atoms with van der Waals surface area (Å²) in [6, 6.07) is 12.3. The highest BCUT2D eigenvalue weighted by atomic mass is 16.5. The zero-order valence-electron chi connectivity index (χ0n) is 14.7. The van der Waals surface area contributed by atoms with Crippen molar-refractivity contribution in [2.45, 2.75) is 26.3 Å². The minimum Gasteiger partial charge on any atom is -0.494 e. The summed E-state index contributed by atoms with van der Waals surface area (Å²) in [4.78, 5) is 25.4. The molecule has 132 valence electrons. The molecule has 1 aliphatic rings. The Morgan fingerprint density at radius 1 is 1.12 bits per heavy atom. The van der Waals surface area contributed by atoms with Gasteiger partial charge in [0.25, 0.3) is 5.91 Å². The van der Waals surface area contributed by atoms with Crippen LogP contribution in [-0.4, -0.2) is 12.5 Å². The van der Waals surface area contributed by atoms with Gasteiger partial charge >= 0.3 is 0 Å². The van der Waals surface area contributed by atoms with Crippen molar-refractivity contribution in [2.75, 3.05) is 6.61 Å². The zero-order chi connectivity index (χ0) is 18.3. The smallest absolute Gasteiger partial charge is 0.288 e. The molecule has 4 rings (SSSR count). The van der Waals surface area contributed by atoms with Crippen molar-refractivity contribution in [3.8, 4) is 5.75 Å². The van der Waals surface area contributed by atoms with E-state index < -0.39 is 6.04 Å². The highest BCUT2D eigenvalue weighted by molar-refractivity contribution is 5.99. The molecular formula is C21H19NO4. The monoisotopic (exact) mass is 349 g/mol. The second kappa shape index (κ2) is 6.33. The van der Waals surface area contributed by atoms with E-state index in [4.69, 9.17) is 9.15 Å². The average Bonchev–Trinajstić information content (AvgIpc) is 2.98. The fraction of sp³-hybridized carbons (Fsp3) is 0.238. The Morgan fingerprint density at radius 3 is 2.62 bits per heavy atom. The van der Waals surface area contributed by atoms with Crippen LogP contribution in [0.3, 0.4) is 0 Å². The molecule has 0 bridgehead atoms. The van der Waals surface area contributed by atoms with Gasteiger partial charge in [-0.25, -0.2) is 0 Å². The van der Waals surface area contributed by atoms with E-state index in [1.807, 2.05) is 44.2 Å². The zero-order valence-corrected chi connectivity index (χ0v) is 14.7. The van der Waals surface area contributed by atoms with Crippen LogP contribution in [0.4, 0.5) is 0 Å². The topological polar surface area (TPSA) is 68.5 Å². The van der Waals surface area contributed by atoms with Crippen molar-refractivity contribution >= 4 is 16.9 Å². The van der Waals surface area contributed by atoms with Gasteiger partial charge in [-0.05, 0) is 43.2 Å². The molecule has 1 unspecified atom stereocenters. The fourth-order valence-corrected chi connectivity index (χ4v) is 3.25. The second-order valence-corrected chi connectivity index (χ2v) is 6.50. The lowest BCUT2D eigenvalue weighted by atomic mass is 9.99. The van der Waals surface area contributed by atoms with Gasteiger partial charge in [0.15, 0.2) is 5.43 Å². The molecular weight excluding hydrogens is 330 g/mol. The molecule has 1 amide bonds. The highest BCUT2D eigenvalue weighted by Crippen LogP contribution is 2.31. The van der Waals surface area contributed by atoms with Crippen LogP contribution in [-0.2, 0) is 0 Å². The number of carbonyl (C=O) groups excluding carboxylic acids is 1. The maximum Gasteiger partial charge on any atom is 0.288 e. The van der Waals surface area contributed by atoms with Crippen molar-refractivity contribution < 1.29 is 13.9 Å². The summed E-state index contributed by atoms with van der Waals surface area (Å²) in [5, 5.41) is 3.35. The number of aryl methyl sites for hydroxylation is 1. The van der Waals surface area contributed by atoms with E-state index in [-0.39, 0.29) is 17.1 Å². The van der Waals surface area contributed by atoms with Gasteiger partial charge in [0.2, 0.25) is 5.76 Å². The SMILES string of the molecule is CCCOc1ccc(C2NC(=O)c3oc4ccc(C)cc4c(=O)c32)cc1. The van der Waals surface area contributed by atoms with Crippen molar-refractivity contribution in [1.82, 2.24) is 5.32 Å². The standard InChI is InChI=1S/C21H19NO4/c1-3-10-25-14-7-5-13(6-8-14)18-17-19(23)15-11-12(2)4-9-16(15)26-20(17)21(24)22-18/h4-9,11,18H,3,10H2,1-2H3,(H,22,24). The van der Waals surface area contributed by atoms with E-state index in [1.165, 1.54) is 0 Å². The van der Waals surface area contributed by atoms with Gasteiger partial charge in [0, 0.05) is 0 Å². The van der Waals surface area contributed by atoms with Gasteiger partial charge in [-0.1, -0.05) is 30.7 Å². The van der Waals surface area contributed by atoms with E-state index in [2.05, 4.69) is 5.32 Å². The molecule has 0 fully saturated rings. The molecule has 0 spiro atoms. The largest absolute Gasteiger partial charge is 0.494 e. The van der Waals surface area contributed by atoms with E-state index in [1.54, 1.807) is 12.1 Å². The summed E-state index contributed by atoms with van der Waals surface area (Å²) in [5.41, 5.74) is 2.42. The van der Waals surface area contributed by atoms with Crippen LogP contribution in [0, 0.1) is 6.92 Å². The molecule has 0 saturated heterocycles. The van der Waals surface area contributed by atoms with Crippen LogP contribution in [0.15, 0.2) is 51.7 Å². The molecule has 2 heterocycles. The third kappa shape index (κ3) is 2.65. The second-order valence-electron chi connectivity index (χ2n) is 6.50. The fourth-order valence-electron chi connectivity index (χ4n) is 3.25. The maximum absolute atomic E-state index is 13.0. The Balaban J connectivity index is 1.80. The molecule has 5 heteroatoms. The third-order valence-corrected chi connectivity index (χ3v) is 4.54. The van der Waals surface area contributed by atoms with Crippen LogP contribution >= 0.6 is 0 Å². The van der Waals surface area contributed by atoms with Gasteiger partial charge in [-0.3, -0.25) is 9.59 Å². The number of rotatable bonds is 4. The number of hydrogen-bond donors (Lipinski definition) is 1. The lowest BCUT2D eigenvalue weighted by molar-refractivity contribution is 0.0938. The number of carbonyl (C=O) groups is 1. The van der Waals surface area contributed by atoms with Crippen LogP contribution in [0.2, 0.25) is 0 Å². The quantitative estimate of drug-likeness (QED) is 0.779. The summed E-state index contributed by atoms with van der Waals surface area (Å²) in [5.74, 6) is 0.500. The first kappa shape index (κ1) is 16.4. The molecule has 1 aromatic heterocycles. The summed E-state index contributed by atoms with van der Waals surface area (Å²) < 4.78 is 11.3. The predicted molar refractivity (Wildman–Crippen MR) is 98.8 cm³/mol. The Labute approximate surface area is 150 Å². The van der Waals surface area contributed by atoms with E-state index in [0.29, 0.717) is 23.1 Å². The van der Waals surface area contributed by atoms with E-state index in [0.717, 1.165) is 23.3 Å². The molecule has 3 aromatic rings. The molecule has 1 aliphatic heterocycles. The molecule has 0 aliphatic carbocycles. The van der Waals surface area contributed by atoms with Gasteiger partial charge in [0.1, 0.15) is 11.3 Å². The summed E-state index contributed by atoms with van der Waals surface area (Å²) in [6.07, 6.45) is 0.932. The Morgan fingerprint density at radius 2 is 1.88 bits per heavy atom. The van der Waals surface area contributed by atoms with Gasteiger partial charge in [0.05, 0.1) is 23.6 Å². The first-order chi connectivity index (χ1) is 12.6. The predicted octanol–water partition coefficient (Wildman–Crippen LogP) is 3.72. The molecule has 0 radical (unpaired) electrons. The summed E-state index contributed by atoms with van der Waals surface area (Å²) >= 11 is 0. The minimum atomic E-state index is -0.515. The van der Waals surface area contributed by atoms with Gasteiger partial charge in [-0.15, -0.1) is 0 Å². The van der Waals surface area contributed by atoms with Gasteiger partial charge in [-0.2, -0.15) is 0 Å². The Kier molecular flexibility index (Phi) is 3.99. The van der Waals surface area contributed by atoms with Crippen LogP contribution in [0.1, 0.15) is 46.6 Å². The van der Waals surface area contributed by atoms with Gasteiger partial charge < -0.3 is 14.5 Å². The molecule has 2 aromatic carbocycles. The van der Waals surface area contributed by atoms with Crippen LogP contribution in [0.5, 0.6) is 5.75 Å². The first-order valence-electron chi connectivity index (χ1n) is 8.69. The number of fused-ring (bicyclic) bond motifs is 2. The summed E-state index contributed by atoms with van der Waals surface area (Å²) in [7, 11) is 0.